The lowest BCUT2D eigenvalue weighted by Crippen LogP contribution is -2.17. The molecule has 0 saturated heterocycles. The van der Waals surface area contributed by atoms with Gasteiger partial charge in [0.25, 0.3) is 0 Å². The highest BCUT2D eigenvalue weighted by molar-refractivity contribution is 5.57. The van der Waals surface area contributed by atoms with Crippen LogP contribution in [0.2, 0.25) is 0 Å². The third kappa shape index (κ3) is 2.28. The third-order valence-electron chi connectivity index (χ3n) is 3.88. The van der Waals surface area contributed by atoms with E-state index in [4.69, 9.17) is 9.40 Å². The number of fused-ring (bicyclic) bond motifs is 1. The molecule has 0 radical (unpaired) electrons. The molecule has 0 aromatic carbocycles. The Bertz CT molecular complexity index is 577. The van der Waals surface area contributed by atoms with Crippen LogP contribution in [0.3, 0.4) is 0 Å². The average molecular weight is 257 g/mol. The van der Waals surface area contributed by atoms with Crippen LogP contribution in [0, 0.1) is 6.92 Å². The lowest BCUT2D eigenvalue weighted by molar-refractivity contribution is 0.531. The van der Waals surface area contributed by atoms with Crippen LogP contribution >= 0.6 is 0 Å². The molecule has 0 fully saturated rings. The molecule has 0 amide bonds. The van der Waals surface area contributed by atoms with Crippen molar-refractivity contribution in [1.82, 2.24) is 15.3 Å². The van der Waals surface area contributed by atoms with E-state index in [1.807, 2.05) is 26.2 Å². The van der Waals surface area contributed by atoms with E-state index in [2.05, 4.69) is 10.3 Å². The zero-order valence-corrected chi connectivity index (χ0v) is 11.4. The first-order chi connectivity index (χ1) is 9.29. The van der Waals surface area contributed by atoms with Crippen molar-refractivity contribution in [2.24, 2.45) is 0 Å². The second-order valence-electron chi connectivity index (χ2n) is 5.07. The number of nitrogens with one attached hydrogen (secondary N) is 1. The summed E-state index contributed by atoms with van der Waals surface area (Å²) in [7, 11) is 2.01. The van der Waals surface area contributed by atoms with Gasteiger partial charge in [-0.15, -0.1) is 0 Å². The summed E-state index contributed by atoms with van der Waals surface area (Å²) in [4.78, 5) is 9.29. The number of aromatic nitrogens is 2. The molecule has 0 saturated carbocycles. The van der Waals surface area contributed by atoms with Crippen LogP contribution in [0.5, 0.6) is 0 Å². The average Bonchev–Trinajstić information content (AvgIpc) is 2.74. The Balaban J connectivity index is 2.04. The smallest absolute Gasteiger partial charge is 0.162 e. The Kier molecular flexibility index (Phi) is 3.34. The van der Waals surface area contributed by atoms with E-state index in [0.29, 0.717) is 6.04 Å². The standard InChI is InChI=1S/C15H19N3O/c1-10-11(7-8-19-10)15-17-9-12-13(16-2)5-3-4-6-14(12)18-15/h7-9,13,16H,3-6H2,1-2H3. The highest BCUT2D eigenvalue weighted by Crippen LogP contribution is 2.29. The summed E-state index contributed by atoms with van der Waals surface area (Å²) < 4.78 is 5.34. The van der Waals surface area contributed by atoms with Crippen molar-refractivity contribution in [2.75, 3.05) is 7.05 Å². The first-order valence-electron chi connectivity index (χ1n) is 6.87. The molecule has 4 heteroatoms. The van der Waals surface area contributed by atoms with E-state index in [1.54, 1.807) is 6.26 Å². The molecular weight excluding hydrogens is 238 g/mol. The fraction of sp³-hybridized carbons (Fsp3) is 0.467. The number of hydrogen-bond donors (Lipinski definition) is 1. The molecule has 2 heterocycles. The van der Waals surface area contributed by atoms with E-state index < -0.39 is 0 Å². The predicted molar refractivity (Wildman–Crippen MR) is 73.8 cm³/mol. The Hall–Kier alpha value is -1.68. The molecule has 1 N–H and O–H groups in total. The zero-order chi connectivity index (χ0) is 13.2. The van der Waals surface area contributed by atoms with Crippen molar-refractivity contribution in [3.63, 3.8) is 0 Å². The SMILES string of the molecule is CNC1CCCCc2nc(-c3ccoc3C)ncc21. The molecule has 1 atom stereocenters. The minimum absolute atomic E-state index is 0.386. The van der Waals surface area contributed by atoms with E-state index in [-0.39, 0.29) is 0 Å². The van der Waals surface area contributed by atoms with Crippen molar-refractivity contribution < 1.29 is 4.42 Å². The van der Waals surface area contributed by atoms with Gasteiger partial charge in [-0.1, -0.05) is 6.42 Å². The van der Waals surface area contributed by atoms with Crippen LogP contribution in [-0.4, -0.2) is 17.0 Å². The molecule has 100 valence electrons. The fourth-order valence-corrected chi connectivity index (χ4v) is 2.76. The first-order valence-corrected chi connectivity index (χ1v) is 6.87. The van der Waals surface area contributed by atoms with Crippen LogP contribution in [0.4, 0.5) is 0 Å². The number of furan rings is 1. The topological polar surface area (TPSA) is 51.0 Å². The van der Waals surface area contributed by atoms with Gasteiger partial charge < -0.3 is 9.73 Å². The van der Waals surface area contributed by atoms with E-state index in [9.17, 15) is 0 Å². The minimum Gasteiger partial charge on any atom is -0.469 e. The molecule has 19 heavy (non-hydrogen) atoms. The maximum atomic E-state index is 5.34. The monoisotopic (exact) mass is 257 g/mol. The number of rotatable bonds is 2. The van der Waals surface area contributed by atoms with Gasteiger partial charge in [-0.3, -0.25) is 0 Å². The Morgan fingerprint density at radius 2 is 2.26 bits per heavy atom. The van der Waals surface area contributed by atoms with Crippen LogP contribution < -0.4 is 5.32 Å². The van der Waals surface area contributed by atoms with Crippen molar-refractivity contribution in [3.8, 4) is 11.4 Å². The third-order valence-corrected chi connectivity index (χ3v) is 3.88. The molecule has 0 spiro atoms. The summed E-state index contributed by atoms with van der Waals surface area (Å²) in [5.41, 5.74) is 3.43. The summed E-state index contributed by atoms with van der Waals surface area (Å²) in [6.45, 7) is 1.95. The lowest BCUT2D eigenvalue weighted by Gasteiger charge is -2.16. The van der Waals surface area contributed by atoms with Crippen LogP contribution in [0.1, 0.15) is 42.3 Å². The molecule has 2 aromatic rings. The molecular formula is C15H19N3O. The largest absolute Gasteiger partial charge is 0.469 e. The Morgan fingerprint density at radius 3 is 3.00 bits per heavy atom. The summed E-state index contributed by atoms with van der Waals surface area (Å²) in [5.74, 6) is 1.65. The summed E-state index contributed by atoms with van der Waals surface area (Å²) in [5, 5.41) is 3.37. The molecule has 0 aliphatic heterocycles. The van der Waals surface area contributed by atoms with Crippen molar-refractivity contribution in [2.45, 2.75) is 38.6 Å². The van der Waals surface area contributed by atoms with Crippen molar-refractivity contribution >= 4 is 0 Å². The second kappa shape index (κ2) is 5.13. The first kappa shape index (κ1) is 12.4. The lowest BCUT2D eigenvalue weighted by atomic mass is 10.1. The zero-order valence-electron chi connectivity index (χ0n) is 11.4. The molecule has 0 bridgehead atoms. The van der Waals surface area contributed by atoms with Gasteiger partial charge in [0.15, 0.2) is 5.82 Å². The molecule has 1 unspecified atom stereocenters. The maximum absolute atomic E-state index is 5.34. The highest BCUT2D eigenvalue weighted by atomic mass is 16.3. The van der Waals surface area contributed by atoms with Crippen LogP contribution in [0.25, 0.3) is 11.4 Å². The van der Waals surface area contributed by atoms with E-state index in [0.717, 1.165) is 30.0 Å². The fourth-order valence-electron chi connectivity index (χ4n) is 2.76. The predicted octanol–water partition coefficient (Wildman–Crippen LogP) is 3.03. The van der Waals surface area contributed by atoms with E-state index in [1.165, 1.54) is 24.1 Å². The van der Waals surface area contributed by atoms with Gasteiger partial charge in [0.05, 0.1) is 11.8 Å². The Labute approximate surface area is 113 Å². The van der Waals surface area contributed by atoms with Crippen molar-refractivity contribution in [1.29, 1.82) is 0 Å². The number of hydrogen-bond acceptors (Lipinski definition) is 4. The molecule has 1 aliphatic rings. The summed E-state index contributed by atoms with van der Waals surface area (Å²) >= 11 is 0. The summed E-state index contributed by atoms with van der Waals surface area (Å²) in [6, 6.07) is 2.32. The van der Waals surface area contributed by atoms with Gasteiger partial charge in [-0.2, -0.15) is 0 Å². The number of nitrogens with zero attached hydrogens (tertiary/aromatic N) is 2. The van der Waals surface area contributed by atoms with Gasteiger partial charge in [0, 0.05) is 23.5 Å². The van der Waals surface area contributed by atoms with Crippen LogP contribution in [0.15, 0.2) is 22.9 Å². The molecule has 3 rings (SSSR count). The van der Waals surface area contributed by atoms with Gasteiger partial charge in [-0.25, -0.2) is 9.97 Å². The van der Waals surface area contributed by atoms with Gasteiger partial charge in [0.2, 0.25) is 0 Å². The summed E-state index contributed by atoms with van der Waals surface area (Å²) in [6.07, 6.45) is 8.32. The van der Waals surface area contributed by atoms with Crippen LogP contribution in [-0.2, 0) is 6.42 Å². The normalized spacial score (nSPS) is 18.9. The van der Waals surface area contributed by atoms with Gasteiger partial charge >= 0.3 is 0 Å². The maximum Gasteiger partial charge on any atom is 0.162 e. The molecule has 4 nitrogen and oxygen atoms in total. The molecule has 1 aliphatic carbocycles. The minimum atomic E-state index is 0.386. The van der Waals surface area contributed by atoms with E-state index >= 15 is 0 Å². The second-order valence-corrected chi connectivity index (χ2v) is 5.07. The van der Waals surface area contributed by atoms with Crippen molar-refractivity contribution in [3.05, 3.63) is 35.5 Å². The number of aryl methyl sites for hydroxylation is 2. The van der Waals surface area contributed by atoms with Gasteiger partial charge in [0.1, 0.15) is 5.76 Å². The molecule has 2 aromatic heterocycles. The highest BCUT2D eigenvalue weighted by Gasteiger charge is 2.20. The Morgan fingerprint density at radius 1 is 1.37 bits per heavy atom. The van der Waals surface area contributed by atoms with Gasteiger partial charge in [-0.05, 0) is 39.3 Å². The quantitative estimate of drug-likeness (QED) is 0.840.